The number of hydrogen-bond donors (Lipinski definition) is 4. The Morgan fingerprint density at radius 2 is 1.53 bits per heavy atom. The molecule has 1 aromatic carbocycles. The highest BCUT2D eigenvalue weighted by Gasteiger charge is 2.11. The fourth-order valence-electron chi connectivity index (χ4n) is 1.24. The zero-order valence-corrected chi connectivity index (χ0v) is 9.09. The summed E-state index contributed by atoms with van der Waals surface area (Å²) < 4.78 is 4.94. The number of aromatic carboxylic acids is 1. The van der Waals surface area contributed by atoms with E-state index in [4.69, 9.17) is 25.2 Å². The molecule has 4 N–H and O–H groups in total. The number of aromatic hydroxyl groups is 3. The van der Waals surface area contributed by atoms with Gasteiger partial charge in [0, 0.05) is 13.2 Å². The van der Waals surface area contributed by atoms with E-state index < -0.39 is 23.2 Å². The lowest BCUT2D eigenvalue weighted by atomic mass is 10.2. The SMILES string of the molecule is C1CCOC1.O=C(O)c1cc(O)c(O)c(O)c1. The standard InChI is InChI=1S/C7H6O5.C4H8O/c8-4-1-3(7(11)12)2-5(9)6(4)10;1-2-4-5-3-1/h1-2,8-10H,(H,11,12);1-4H2. The van der Waals surface area contributed by atoms with Crippen molar-refractivity contribution in [1.29, 1.82) is 0 Å². The molecule has 1 fully saturated rings. The van der Waals surface area contributed by atoms with Gasteiger partial charge in [0.2, 0.25) is 0 Å². The second kappa shape index (κ2) is 5.95. The maximum atomic E-state index is 10.3. The molecular formula is C11H14O6. The number of hydrogen-bond acceptors (Lipinski definition) is 5. The summed E-state index contributed by atoms with van der Waals surface area (Å²) >= 11 is 0. The average molecular weight is 242 g/mol. The van der Waals surface area contributed by atoms with Crippen LogP contribution in [0.4, 0.5) is 0 Å². The van der Waals surface area contributed by atoms with E-state index in [-0.39, 0.29) is 5.56 Å². The van der Waals surface area contributed by atoms with Crippen LogP contribution in [0.25, 0.3) is 0 Å². The maximum Gasteiger partial charge on any atom is 0.335 e. The van der Waals surface area contributed by atoms with Gasteiger partial charge in [0.15, 0.2) is 17.2 Å². The van der Waals surface area contributed by atoms with Crippen molar-refractivity contribution in [2.24, 2.45) is 0 Å². The molecule has 1 saturated heterocycles. The van der Waals surface area contributed by atoms with Crippen LogP contribution < -0.4 is 0 Å². The quantitative estimate of drug-likeness (QED) is 0.553. The highest BCUT2D eigenvalue weighted by atomic mass is 16.5. The number of ether oxygens (including phenoxy) is 1. The van der Waals surface area contributed by atoms with Crippen molar-refractivity contribution < 1.29 is 30.0 Å². The van der Waals surface area contributed by atoms with E-state index in [9.17, 15) is 4.79 Å². The molecule has 1 heterocycles. The molecule has 1 aliphatic heterocycles. The summed E-state index contributed by atoms with van der Waals surface area (Å²) in [5, 5.41) is 35.0. The van der Waals surface area contributed by atoms with Crippen LogP contribution >= 0.6 is 0 Å². The lowest BCUT2D eigenvalue weighted by Gasteiger charge is -2.01. The number of benzene rings is 1. The number of rotatable bonds is 1. The molecule has 0 amide bonds. The minimum Gasteiger partial charge on any atom is -0.504 e. The number of phenols is 3. The molecule has 6 heteroatoms. The van der Waals surface area contributed by atoms with Crippen LogP contribution in [0.15, 0.2) is 12.1 Å². The van der Waals surface area contributed by atoms with Gasteiger partial charge < -0.3 is 25.2 Å². The van der Waals surface area contributed by atoms with Gasteiger partial charge in [-0.25, -0.2) is 4.79 Å². The first-order valence-corrected chi connectivity index (χ1v) is 5.08. The molecular weight excluding hydrogens is 228 g/mol. The summed E-state index contributed by atoms with van der Waals surface area (Å²) in [6.07, 6.45) is 2.56. The average Bonchev–Trinajstić information content (AvgIpc) is 2.83. The molecule has 0 radical (unpaired) electrons. The van der Waals surface area contributed by atoms with Crippen molar-refractivity contribution in [1.82, 2.24) is 0 Å². The number of phenolic OH excluding ortho intramolecular Hbond substituents is 3. The Balaban J connectivity index is 0.000000239. The zero-order chi connectivity index (χ0) is 12.8. The highest BCUT2D eigenvalue weighted by molar-refractivity contribution is 5.89. The van der Waals surface area contributed by atoms with Gasteiger partial charge in [-0.15, -0.1) is 0 Å². The largest absolute Gasteiger partial charge is 0.504 e. The Morgan fingerprint density at radius 3 is 1.82 bits per heavy atom. The first kappa shape index (κ1) is 13.1. The van der Waals surface area contributed by atoms with Crippen molar-refractivity contribution in [3.05, 3.63) is 17.7 Å². The van der Waals surface area contributed by atoms with Crippen molar-refractivity contribution in [2.45, 2.75) is 12.8 Å². The summed E-state index contributed by atoms with van der Waals surface area (Å²) in [7, 11) is 0. The molecule has 0 spiro atoms. The maximum absolute atomic E-state index is 10.3. The van der Waals surface area contributed by atoms with Crippen LogP contribution in [-0.2, 0) is 4.74 Å². The minimum absolute atomic E-state index is 0.289. The second-order valence-electron chi connectivity index (χ2n) is 3.49. The molecule has 0 saturated carbocycles. The van der Waals surface area contributed by atoms with Crippen LogP contribution in [0.1, 0.15) is 23.2 Å². The lowest BCUT2D eigenvalue weighted by Crippen LogP contribution is -1.95. The highest BCUT2D eigenvalue weighted by Crippen LogP contribution is 2.35. The molecule has 0 aliphatic carbocycles. The first-order valence-electron chi connectivity index (χ1n) is 5.08. The molecule has 1 aliphatic rings. The van der Waals surface area contributed by atoms with Crippen molar-refractivity contribution in [3.8, 4) is 17.2 Å². The van der Waals surface area contributed by atoms with Gasteiger partial charge in [0.1, 0.15) is 0 Å². The molecule has 17 heavy (non-hydrogen) atoms. The second-order valence-corrected chi connectivity index (χ2v) is 3.49. The van der Waals surface area contributed by atoms with Gasteiger partial charge in [0.25, 0.3) is 0 Å². The molecule has 1 aromatic rings. The van der Waals surface area contributed by atoms with Crippen molar-refractivity contribution in [2.75, 3.05) is 13.2 Å². The topological polar surface area (TPSA) is 107 Å². The molecule has 2 rings (SSSR count). The van der Waals surface area contributed by atoms with Crippen LogP contribution in [0, 0.1) is 0 Å². The van der Waals surface area contributed by atoms with Gasteiger partial charge in [-0.2, -0.15) is 0 Å². The molecule has 0 atom stereocenters. The summed E-state index contributed by atoms with van der Waals surface area (Å²) in [5.41, 5.74) is -0.289. The van der Waals surface area contributed by atoms with Gasteiger partial charge >= 0.3 is 5.97 Å². The Hall–Kier alpha value is -1.95. The summed E-state index contributed by atoms with van der Waals surface area (Å²) in [4.78, 5) is 10.3. The van der Waals surface area contributed by atoms with Gasteiger partial charge in [-0.3, -0.25) is 0 Å². The molecule has 94 valence electrons. The minimum atomic E-state index is -1.29. The number of carboxylic acids is 1. The molecule has 6 nitrogen and oxygen atoms in total. The monoisotopic (exact) mass is 242 g/mol. The third-order valence-electron chi connectivity index (χ3n) is 2.14. The van der Waals surface area contributed by atoms with E-state index in [1.807, 2.05) is 0 Å². The Labute approximate surface area is 97.7 Å². The smallest absolute Gasteiger partial charge is 0.335 e. The normalized spacial score (nSPS) is 13.9. The Kier molecular flexibility index (Phi) is 4.59. The van der Waals surface area contributed by atoms with Crippen LogP contribution in [0.3, 0.4) is 0 Å². The van der Waals surface area contributed by atoms with E-state index in [0.717, 1.165) is 25.3 Å². The summed E-state index contributed by atoms with van der Waals surface area (Å²) in [5.74, 6) is -3.33. The van der Waals surface area contributed by atoms with E-state index in [0.29, 0.717) is 0 Å². The third-order valence-corrected chi connectivity index (χ3v) is 2.14. The van der Waals surface area contributed by atoms with Crippen LogP contribution in [-0.4, -0.2) is 39.6 Å². The summed E-state index contributed by atoms with van der Waals surface area (Å²) in [6.45, 7) is 2.00. The van der Waals surface area contributed by atoms with Crippen LogP contribution in [0.2, 0.25) is 0 Å². The summed E-state index contributed by atoms with van der Waals surface area (Å²) in [6, 6.07) is 1.69. The predicted molar refractivity (Wildman–Crippen MR) is 58.4 cm³/mol. The molecule has 0 unspecified atom stereocenters. The Morgan fingerprint density at radius 1 is 1.06 bits per heavy atom. The van der Waals surface area contributed by atoms with Gasteiger partial charge in [0.05, 0.1) is 5.56 Å². The fraction of sp³-hybridized carbons (Fsp3) is 0.364. The fourth-order valence-corrected chi connectivity index (χ4v) is 1.24. The predicted octanol–water partition coefficient (Wildman–Crippen LogP) is 1.30. The molecule has 0 bridgehead atoms. The van der Waals surface area contributed by atoms with E-state index >= 15 is 0 Å². The van der Waals surface area contributed by atoms with E-state index in [1.165, 1.54) is 12.8 Å². The van der Waals surface area contributed by atoms with Gasteiger partial charge in [-0.05, 0) is 25.0 Å². The number of carbonyl (C=O) groups is 1. The van der Waals surface area contributed by atoms with Crippen molar-refractivity contribution >= 4 is 5.97 Å². The first-order chi connectivity index (χ1) is 8.02. The Bertz CT molecular complexity index is 366. The van der Waals surface area contributed by atoms with E-state index in [2.05, 4.69) is 0 Å². The van der Waals surface area contributed by atoms with Crippen molar-refractivity contribution in [3.63, 3.8) is 0 Å². The zero-order valence-electron chi connectivity index (χ0n) is 9.09. The van der Waals surface area contributed by atoms with Gasteiger partial charge in [-0.1, -0.05) is 0 Å². The van der Waals surface area contributed by atoms with E-state index in [1.54, 1.807) is 0 Å². The third kappa shape index (κ3) is 3.84. The van der Waals surface area contributed by atoms with Crippen LogP contribution in [0.5, 0.6) is 17.2 Å². The molecule has 0 aromatic heterocycles. The lowest BCUT2D eigenvalue weighted by molar-refractivity contribution is 0.0696. The number of carboxylic acid groups (broad SMARTS) is 1.